The summed E-state index contributed by atoms with van der Waals surface area (Å²) in [6.07, 6.45) is 0. The Balaban J connectivity index is 1.19. The molecule has 0 saturated heterocycles. The minimum Gasteiger partial charge on any atom is -0.451 e. The fourth-order valence-electron chi connectivity index (χ4n) is 3.43. The molecular formula is C26H17ClN2O3S2. The Morgan fingerprint density at radius 3 is 2.32 bits per heavy atom. The van der Waals surface area contributed by atoms with Gasteiger partial charge in [0.2, 0.25) is 0 Å². The van der Waals surface area contributed by atoms with Gasteiger partial charge in [-0.2, -0.15) is 0 Å². The number of anilines is 1. The number of amides is 1. The first-order valence-corrected chi connectivity index (χ1v) is 12.4. The van der Waals surface area contributed by atoms with E-state index in [4.69, 9.17) is 16.3 Å². The number of thiophene rings is 1. The van der Waals surface area contributed by atoms with Gasteiger partial charge in [0.1, 0.15) is 4.88 Å². The van der Waals surface area contributed by atoms with E-state index in [1.165, 1.54) is 22.7 Å². The molecule has 168 valence electrons. The predicted octanol–water partition coefficient (Wildman–Crippen LogP) is 7.14. The number of hydrogen-bond acceptors (Lipinski definition) is 6. The highest BCUT2D eigenvalue weighted by Gasteiger charge is 2.19. The zero-order chi connectivity index (χ0) is 23.5. The Kier molecular flexibility index (Phi) is 6.40. The number of rotatable bonds is 6. The molecule has 2 aromatic heterocycles. The monoisotopic (exact) mass is 504 g/mol. The summed E-state index contributed by atoms with van der Waals surface area (Å²) < 4.78 is 6.06. The molecule has 3 aromatic carbocycles. The Morgan fingerprint density at radius 1 is 0.882 bits per heavy atom. The van der Waals surface area contributed by atoms with Crippen molar-refractivity contribution in [3.63, 3.8) is 0 Å². The van der Waals surface area contributed by atoms with Crippen molar-refractivity contribution in [3.8, 4) is 22.4 Å². The summed E-state index contributed by atoms with van der Waals surface area (Å²) in [7, 11) is 0. The summed E-state index contributed by atoms with van der Waals surface area (Å²) >= 11 is 8.85. The lowest BCUT2D eigenvalue weighted by Gasteiger charge is -2.04. The molecule has 1 N–H and O–H groups in total. The average Bonchev–Trinajstić information content (AvgIpc) is 3.48. The standard InChI is InChI=1S/C26H17ClN2O3S2/c27-23-19-8-4-5-9-21(19)34-24(23)25(31)32-14-22(30)29-26-28-20(15-33-26)18-12-10-17(11-13-18)16-6-2-1-3-7-16/h1-13,15H,14H2,(H,28,29,30). The molecule has 1 amide bonds. The third kappa shape index (κ3) is 4.72. The van der Waals surface area contributed by atoms with Gasteiger partial charge in [0.15, 0.2) is 11.7 Å². The second kappa shape index (κ2) is 9.77. The van der Waals surface area contributed by atoms with Crippen LogP contribution in [0.3, 0.4) is 0 Å². The highest BCUT2D eigenvalue weighted by molar-refractivity contribution is 7.21. The molecule has 0 radical (unpaired) electrons. The van der Waals surface area contributed by atoms with Crippen molar-refractivity contribution >= 4 is 61.4 Å². The van der Waals surface area contributed by atoms with Crippen LogP contribution in [0.2, 0.25) is 5.02 Å². The fourth-order valence-corrected chi connectivity index (χ4v) is 5.56. The molecule has 8 heteroatoms. The SMILES string of the molecule is O=C(COC(=O)c1sc2ccccc2c1Cl)Nc1nc(-c2ccc(-c3ccccc3)cc2)cs1. The van der Waals surface area contributed by atoms with E-state index < -0.39 is 18.5 Å². The Labute approximate surface area is 208 Å². The number of esters is 1. The smallest absolute Gasteiger partial charge is 0.350 e. The highest BCUT2D eigenvalue weighted by Crippen LogP contribution is 2.35. The molecule has 0 atom stereocenters. The number of carbonyl (C=O) groups is 2. The van der Waals surface area contributed by atoms with Gasteiger partial charge >= 0.3 is 5.97 Å². The van der Waals surface area contributed by atoms with Gasteiger partial charge in [-0.3, -0.25) is 10.1 Å². The summed E-state index contributed by atoms with van der Waals surface area (Å²) in [4.78, 5) is 29.5. The molecule has 0 fully saturated rings. The van der Waals surface area contributed by atoms with Crippen molar-refractivity contribution in [1.82, 2.24) is 4.98 Å². The van der Waals surface area contributed by atoms with E-state index in [2.05, 4.69) is 22.4 Å². The molecule has 0 unspecified atom stereocenters. The van der Waals surface area contributed by atoms with Crippen molar-refractivity contribution in [3.05, 3.63) is 94.1 Å². The Hall–Kier alpha value is -3.52. The van der Waals surface area contributed by atoms with E-state index in [9.17, 15) is 9.59 Å². The molecule has 0 saturated carbocycles. The van der Waals surface area contributed by atoms with E-state index in [0.717, 1.165) is 32.5 Å². The maximum Gasteiger partial charge on any atom is 0.350 e. The number of ether oxygens (including phenoxy) is 1. The minimum absolute atomic E-state index is 0.283. The number of thiazole rings is 1. The maximum absolute atomic E-state index is 12.4. The Bertz CT molecular complexity index is 1480. The van der Waals surface area contributed by atoms with Gasteiger partial charge in [0.25, 0.3) is 5.91 Å². The van der Waals surface area contributed by atoms with Gasteiger partial charge in [-0.15, -0.1) is 22.7 Å². The van der Waals surface area contributed by atoms with Crippen LogP contribution >= 0.6 is 34.3 Å². The van der Waals surface area contributed by atoms with Crippen LogP contribution in [0.25, 0.3) is 32.5 Å². The van der Waals surface area contributed by atoms with Crippen LogP contribution in [0.1, 0.15) is 9.67 Å². The predicted molar refractivity (Wildman–Crippen MR) is 139 cm³/mol. The van der Waals surface area contributed by atoms with Crippen LogP contribution < -0.4 is 5.32 Å². The highest BCUT2D eigenvalue weighted by atomic mass is 35.5. The lowest BCUT2D eigenvalue weighted by molar-refractivity contribution is -0.119. The third-order valence-electron chi connectivity index (χ3n) is 5.09. The normalized spacial score (nSPS) is 10.9. The molecule has 5 rings (SSSR count). The summed E-state index contributed by atoms with van der Waals surface area (Å²) in [6.45, 7) is -0.426. The van der Waals surface area contributed by atoms with Crippen molar-refractivity contribution in [2.75, 3.05) is 11.9 Å². The van der Waals surface area contributed by atoms with Gasteiger partial charge in [-0.25, -0.2) is 9.78 Å². The topological polar surface area (TPSA) is 68.3 Å². The zero-order valence-electron chi connectivity index (χ0n) is 17.7. The quantitative estimate of drug-likeness (QED) is 0.249. The molecule has 0 aliphatic carbocycles. The minimum atomic E-state index is -0.625. The maximum atomic E-state index is 12.4. The first-order valence-electron chi connectivity index (χ1n) is 10.3. The molecule has 0 spiro atoms. The number of carbonyl (C=O) groups excluding carboxylic acids is 2. The summed E-state index contributed by atoms with van der Waals surface area (Å²) in [5.74, 6) is -1.09. The molecule has 0 aliphatic heterocycles. The first kappa shape index (κ1) is 22.3. The number of hydrogen-bond donors (Lipinski definition) is 1. The van der Waals surface area contributed by atoms with Crippen LogP contribution in [0, 0.1) is 0 Å². The molecular weight excluding hydrogens is 488 g/mol. The van der Waals surface area contributed by atoms with Crippen molar-refractivity contribution < 1.29 is 14.3 Å². The number of halogens is 1. The van der Waals surface area contributed by atoms with Gasteiger partial charge in [-0.1, -0.05) is 84.4 Å². The fraction of sp³-hybridized carbons (Fsp3) is 0.0385. The molecule has 0 aliphatic rings. The van der Waals surface area contributed by atoms with Gasteiger partial charge in [0, 0.05) is 21.0 Å². The van der Waals surface area contributed by atoms with Crippen molar-refractivity contribution in [2.24, 2.45) is 0 Å². The van der Waals surface area contributed by atoms with Gasteiger partial charge < -0.3 is 4.74 Å². The van der Waals surface area contributed by atoms with Crippen LogP contribution in [-0.4, -0.2) is 23.5 Å². The Morgan fingerprint density at radius 2 is 1.56 bits per heavy atom. The van der Waals surface area contributed by atoms with E-state index in [-0.39, 0.29) is 4.88 Å². The lowest BCUT2D eigenvalue weighted by atomic mass is 10.0. The summed E-state index contributed by atoms with van der Waals surface area (Å²) in [5, 5.41) is 6.11. The van der Waals surface area contributed by atoms with Crippen LogP contribution in [-0.2, 0) is 9.53 Å². The number of benzene rings is 3. The van der Waals surface area contributed by atoms with Gasteiger partial charge in [-0.05, 0) is 17.2 Å². The molecule has 5 aromatic rings. The van der Waals surface area contributed by atoms with E-state index in [0.29, 0.717) is 10.2 Å². The third-order valence-corrected chi connectivity index (χ3v) is 7.51. The molecule has 2 heterocycles. The summed E-state index contributed by atoms with van der Waals surface area (Å²) in [5.41, 5.74) is 3.97. The number of nitrogens with zero attached hydrogens (tertiary/aromatic N) is 1. The summed E-state index contributed by atoms with van der Waals surface area (Å²) in [6, 6.07) is 25.7. The van der Waals surface area contributed by atoms with Crippen molar-refractivity contribution in [1.29, 1.82) is 0 Å². The average molecular weight is 505 g/mol. The van der Waals surface area contributed by atoms with E-state index in [1.54, 1.807) is 0 Å². The molecule has 0 bridgehead atoms. The van der Waals surface area contributed by atoms with E-state index in [1.807, 2.05) is 72.1 Å². The molecule has 34 heavy (non-hydrogen) atoms. The second-order valence-corrected chi connectivity index (χ2v) is 9.64. The molecule has 5 nitrogen and oxygen atoms in total. The number of fused-ring (bicyclic) bond motifs is 1. The van der Waals surface area contributed by atoms with Crippen LogP contribution in [0.5, 0.6) is 0 Å². The first-order chi connectivity index (χ1) is 16.6. The van der Waals surface area contributed by atoms with Crippen LogP contribution in [0.4, 0.5) is 5.13 Å². The second-order valence-electron chi connectivity index (χ2n) is 7.35. The van der Waals surface area contributed by atoms with Gasteiger partial charge in [0.05, 0.1) is 10.7 Å². The van der Waals surface area contributed by atoms with Crippen LogP contribution in [0.15, 0.2) is 84.2 Å². The lowest BCUT2D eigenvalue weighted by Crippen LogP contribution is -2.20. The van der Waals surface area contributed by atoms with Crippen molar-refractivity contribution in [2.45, 2.75) is 0 Å². The number of nitrogens with one attached hydrogen (secondary N) is 1. The van der Waals surface area contributed by atoms with E-state index >= 15 is 0 Å². The largest absolute Gasteiger partial charge is 0.451 e. The number of aromatic nitrogens is 1. The zero-order valence-corrected chi connectivity index (χ0v) is 20.0.